The van der Waals surface area contributed by atoms with Crippen molar-refractivity contribution < 1.29 is 13.6 Å². The fraction of sp³-hybridized carbons (Fsp3) is 0.0714. The van der Waals surface area contributed by atoms with Gasteiger partial charge in [-0.25, -0.2) is 8.78 Å². The summed E-state index contributed by atoms with van der Waals surface area (Å²) in [4.78, 5) is 12.0. The van der Waals surface area contributed by atoms with E-state index in [1.165, 1.54) is 30.3 Å². The lowest BCUT2D eigenvalue weighted by Crippen LogP contribution is -2.05. The van der Waals surface area contributed by atoms with E-state index in [2.05, 4.69) is 15.9 Å². The molecule has 0 saturated carbocycles. The molecule has 0 heterocycles. The average molecular weight is 346 g/mol. The second-order valence-electron chi connectivity index (χ2n) is 3.94. The van der Waals surface area contributed by atoms with Gasteiger partial charge in [0.05, 0.1) is 9.50 Å². The Bertz CT molecular complexity index is 643. The smallest absolute Gasteiger partial charge is 0.167 e. The molecule has 0 amide bonds. The van der Waals surface area contributed by atoms with E-state index in [-0.39, 0.29) is 21.7 Å². The van der Waals surface area contributed by atoms with Crippen LogP contribution < -0.4 is 0 Å². The van der Waals surface area contributed by atoms with E-state index in [9.17, 15) is 13.6 Å². The molecule has 0 unspecified atom stereocenters. The van der Waals surface area contributed by atoms with E-state index in [4.69, 9.17) is 11.6 Å². The van der Waals surface area contributed by atoms with Crippen molar-refractivity contribution in [2.24, 2.45) is 0 Å². The van der Waals surface area contributed by atoms with Crippen molar-refractivity contribution in [3.05, 3.63) is 68.7 Å². The molecule has 0 aromatic heterocycles. The van der Waals surface area contributed by atoms with Crippen molar-refractivity contribution in [1.82, 2.24) is 0 Å². The Labute approximate surface area is 122 Å². The van der Waals surface area contributed by atoms with E-state index in [1.54, 1.807) is 6.07 Å². The van der Waals surface area contributed by atoms with Gasteiger partial charge < -0.3 is 0 Å². The molecule has 0 saturated heterocycles. The van der Waals surface area contributed by atoms with Crippen LogP contribution >= 0.6 is 27.5 Å². The summed E-state index contributed by atoms with van der Waals surface area (Å²) in [6.07, 6.45) is -0.0331. The third-order valence-corrected chi connectivity index (χ3v) is 3.66. The van der Waals surface area contributed by atoms with E-state index in [0.717, 1.165) is 0 Å². The Kier molecular flexibility index (Phi) is 4.32. The summed E-state index contributed by atoms with van der Waals surface area (Å²) in [7, 11) is 0. The van der Waals surface area contributed by atoms with Crippen LogP contribution in [-0.4, -0.2) is 5.78 Å². The monoisotopic (exact) mass is 344 g/mol. The highest BCUT2D eigenvalue weighted by Crippen LogP contribution is 2.22. The molecule has 0 aliphatic rings. The van der Waals surface area contributed by atoms with E-state index >= 15 is 0 Å². The number of Topliss-reactive ketones (excluding diaryl/α,β-unsaturated/α-hetero) is 1. The lowest BCUT2D eigenvalue weighted by Gasteiger charge is -2.05. The standard InChI is InChI=1S/C14H8BrClF2O/c15-10-6-8(4-5-11(10)17)13(19)7-9-2-1-3-12(18)14(9)16/h1-6H,7H2. The van der Waals surface area contributed by atoms with Gasteiger partial charge in [0.1, 0.15) is 11.6 Å². The first kappa shape index (κ1) is 14.2. The Morgan fingerprint density at radius 2 is 1.89 bits per heavy atom. The number of hydrogen-bond donors (Lipinski definition) is 0. The molecule has 2 rings (SSSR count). The Morgan fingerprint density at radius 1 is 1.16 bits per heavy atom. The molecule has 0 radical (unpaired) electrons. The maximum atomic E-state index is 13.2. The van der Waals surface area contributed by atoms with Gasteiger partial charge in [-0.05, 0) is 45.8 Å². The molecule has 5 heteroatoms. The van der Waals surface area contributed by atoms with Gasteiger partial charge >= 0.3 is 0 Å². The molecule has 2 aromatic rings. The molecule has 0 aliphatic carbocycles. The van der Waals surface area contributed by atoms with Crippen LogP contribution in [0.2, 0.25) is 5.02 Å². The molecule has 0 aliphatic heterocycles. The molecule has 19 heavy (non-hydrogen) atoms. The van der Waals surface area contributed by atoms with Crippen LogP contribution in [0.1, 0.15) is 15.9 Å². The van der Waals surface area contributed by atoms with Gasteiger partial charge in [-0.3, -0.25) is 4.79 Å². The highest BCUT2D eigenvalue weighted by Gasteiger charge is 2.13. The number of carbonyl (C=O) groups excluding carboxylic acids is 1. The highest BCUT2D eigenvalue weighted by atomic mass is 79.9. The predicted molar refractivity (Wildman–Crippen MR) is 73.5 cm³/mol. The maximum absolute atomic E-state index is 13.2. The molecular weight excluding hydrogens is 338 g/mol. The number of benzene rings is 2. The van der Waals surface area contributed by atoms with E-state index in [0.29, 0.717) is 11.1 Å². The van der Waals surface area contributed by atoms with Gasteiger partial charge in [-0.15, -0.1) is 0 Å². The zero-order valence-corrected chi connectivity index (χ0v) is 11.9. The van der Waals surface area contributed by atoms with Crippen LogP contribution in [0, 0.1) is 11.6 Å². The van der Waals surface area contributed by atoms with Crippen LogP contribution in [0.15, 0.2) is 40.9 Å². The average Bonchev–Trinajstić information content (AvgIpc) is 2.38. The minimum absolute atomic E-state index is 0.0331. The third-order valence-electron chi connectivity index (χ3n) is 2.62. The summed E-state index contributed by atoms with van der Waals surface area (Å²) in [5.41, 5.74) is 0.751. The Morgan fingerprint density at radius 3 is 2.58 bits per heavy atom. The first-order valence-electron chi connectivity index (χ1n) is 5.40. The Balaban J connectivity index is 2.26. The van der Waals surface area contributed by atoms with Crippen molar-refractivity contribution >= 4 is 33.3 Å². The summed E-state index contributed by atoms with van der Waals surface area (Å²) >= 11 is 8.80. The maximum Gasteiger partial charge on any atom is 0.167 e. The van der Waals surface area contributed by atoms with Gasteiger partial charge in [0.2, 0.25) is 0 Å². The van der Waals surface area contributed by atoms with Crippen molar-refractivity contribution in [3.8, 4) is 0 Å². The minimum Gasteiger partial charge on any atom is -0.294 e. The van der Waals surface area contributed by atoms with Gasteiger partial charge in [-0.1, -0.05) is 23.7 Å². The minimum atomic E-state index is -0.563. The fourth-order valence-electron chi connectivity index (χ4n) is 1.63. The first-order valence-corrected chi connectivity index (χ1v) is 6.57. The topological polar surface area (TPSA) is 17.1 Å². The molecule has 0 N–H and O–H groups in total. The molecule has 98 valence electrons. The number of rotatable bonds is 3. The van der Waals surface area contributed by atoms with Crippen molar-refractivity contribution in [1.29, 1.82) is 0 Å². The number of ketones is 1. The molecule has 0 fully saturated rings. The zero-order chi connectivity index (χ0) is 14.0. The first-order chi connectivity index (χ1) is 8.99. The SMILES string of the molecule is O=C(Cc1cccc(F)c1Cl)c1ccc(F)c(Br)c1. The molecular formula is C14H8BrClF2O. The normalized spacial score (nSPS) is 10.5. The van der Waals surface area contributed by atoms with Crippen LogP contribution in [-0.2, 0) is 6.42 Å². The van der Waals surface area contributed by atoms with Crippen LogP contribution in [0.5, 0.6) is 0 Å². The van der Waals surface area contributed by atoms with Crippen molar-refractivity contribution in [2.75, 3.05) is 0 Å². The molecule has 0 spiro atoms. The summed E-state index contributed by atoms with van der Waals surface area (Å²) in [6.45, 7) is 0. The van der Waals surface area contributed by atoms with Gasteiger partial charge in [0, 0.05) is 12.0 Å². The zero-order valence-electron chi connectivity index (χ0n) is 9.59. The lowest BCUT2D eigenvalue weighted by molar-refractivity contribution is 0.0993. The summed E-state index contributed by atoms with van der Waals surface area (Å²) in [5, 5.41) is -0.0583. The predicted octanol–water partition coefficient (Wildman–Crippen LogP) is 4.81. The number of carbonyl (C=O) groups is 1. The van der Waals surface area contributed by atoms with Crippen LogP contribution in [0.3, 0.4) is 0 Å². The third kappa shape index (κ3) is 3.19. The summed E-state index contributed by atoms with van der Waals surface area (Å²) in [6, 6.07) is 8.28. The summed E-state index contributed by atoms with van der Waals surface area (Å²) in [5.74, 6) is -1.26. The van der Waals surface area contributed by atoms with Gasteiger partial charge in [-0.2, -0.15) is 0 Å². The van der Waals surface area contributed by atoms with Gasteiger partial charge in [0.15, 0.2) is 5.78 Å². The summed E-state index contributed by atoms with van der Waals surface area (Å²) < 4.78 is 26.5. The number of halogens is 4. The quantitative estimate of drug-likeness (QED) is 0.730. The molecule has 0 atom stereocenters. The lowest BCUT2D eigenvalue weighted by atomic mass is 10.0. The van der Waals surface area contributed by atoms with Crippen molar-refractivity contribution in [3.63, 3.8) is 0 Å². The van der Waals surface area contributed by atoms with E-state index < -0.39 is 11.6 Å². The largest absolute Gasteiger partial charge is 0.294 e. The fourth-order valence-corrected chi connectivity index (χ4v) is 2.20. The second-order valence-corrected chi connectivity index (χ2v) is 5.17. The van der Waals surface area contributed by atoms with Crippen LogP contribution in [0.25, 0.3) is 0 Å². The van der Waals surface area contributed by atoms with Crippen LogP contribution in [0.4, 0.5) is 8.78 Å². The number of hydrogen-bond acceptors (Lipinski definition) is 1. The molecule has 1 nitrogen and oxygen atoms in total. The molecule has 2 aromatic carbocycles. The van der Waals surface area contributed by atoms with Gasteiger partial charge in [0.25, 0.3) is 0 Å². The molecule has 0 bridgehead atoms. The van der Waals surface area contributed by atoms with E-state index in [1.807, 2.05) is 0 Å². The van der Waals surface area contributed by atoms with Crippen molar-refractivity contribution in [2.45, 2.75) is 6.42 Å². The second kappa shape index (κ2) is 5.80. The Hall–Kier alpha value is -1.26. The highest BCUT2D eigenvalue weighted by molar-refractivity contribution is 9.10.